The van der Waals surface area contributed by atoms with E-state index in [0.717, 1.165) is 41.5 Å². The van der Waals surface area contributed by atoms with Crippen LogP contribution in [0.5, 0.6) is 0 Å². The molecule has 38 heavy (non-hydrogen) atoms. The maximum Gasteiger partial charge on any atom is 0.262 e. The first-order valence-corrected chi connectivity index (χ1v) is 14.9. The first-order valence-electron chi connectivity index (χ1n) is 12.3. The number of nitrogens with zero attached hydrogens (tertiary/aromatic N) is 2. The molecular weight excluding hydrogens is 533 g/mol. The van der Waals surface area contributed by atoms with Gasteiger partial charge in [-0.3, -0.25) is 24.2 Å². The van der Waals surface area contributed by atoms with Gasteiger partial charge in [-0.2, -0.15) is 0 Å². The normalized spacial score (nSPS) is 16.2. The van der Waals surface area contributed by atoms with Crippen molar-refractivity contribution in [3.63, 3.8) is 0 Å². The molecule has 3 heterocycles. The SMILES string of the molecule is Cc1ccc2c(c1)-c1c(ssc1=S)C(C)(C)N2C(=O)[C@@H](Cc1ccccc1)N1C(=O)c2ccccc2C1=O. The average molecular weight is 557 g/mol. The van der Waals surface area contributed by atoms with Crippen molar-refractivity contribution in [2.75, 3.05) is 4.90 Å². The number of imide groups is 1. The molecule has 2 aliphatic heterocycles. The highest BCUT2D eigenvalue weighted by Crippen LogP contribution is 2.52. The Morgan fingerprint density at radius 3 is 2.18 bits per heavy atom. The van der Waals surface area contributed by atoms with Gasteiger partial charge in [0.1, 0.15) is 9.87 Å². The summed E-state index contributed by atoms with van der Waals surface area (Å²) in [6.45, 7) is 6.03. The Bertz CT molecular complexity index is 1650. The molecule has 0 saturated carbocycles. The van der Waals surface area contributed by atoms with Crippen LogP contribution in [0.15, 0.2) is 72.8 Å². The van der Waals surface area contributed by atoms with E-state index in [1.807, 2.05) is 63.2 Å². The largest absolute Gasteiger partial charge is 0.299 e. The van der Waals surface area contributed by atoms with Gasteiger partial charge >= 0.3 is 0 Å². The van der Waals surface area contributed by atoms with Crippen molar-refractivity contribution in [2.45, 2.75) is 38.8 Å². The minimum Gasteiger partial charge on any atom is -0.299 e. The van der Waals surface area contributed by atoms with E-state index < -0.39 is 23.4 Å². The molecule has 8 heteroatoms. The summed E-state index contributed by atoms with van der Waals surface area (Å²) in [4.78, 5) is 45.9. The lowest BCUT2D eigenvalue weighted by Crippen LogP contribution is -2.57. The number of hydrogen-bond donors (Lipinski definition) is 0. The average Bonchev–Trinajstić information content (AvgIpc) is 3.42. The van der Waals surface area contributed by atoms with Gasteiger partial charge < -0.3 is 0 Å². The number of rotatable bonds is 4. The third-order valence-electron chi connectivity index (χ3n) is 7.32. The first kappa shape index (κ1) is 24.9. The van der Waals surface area contributed by atoms with Gasteiger partial charge in [-0.05, 0) is 50.6 Å². The van der Waals surface area contributed by atoms with E-state index >= 15 is 0 Å². The molecule has 0 unspecified atom stereocenters. The van der Waals surface area contributed by atoms with Gasteiger partial charge in [-0.1, -0.05) is 87.0 Å². The molecule has 3 aromatic carbocycles. The smallest absolute Gasteiger partial charge is 0.262 e. The quantitative estimate of drug-likeness (QED) is 0.154. The van der Waals surface area contributed by atoms with Crippen molar-refractivity contribution in [1.29, 1.82) is 0 Å². The van der Waals surface area contributed by atoms with Crippen molar-refractivity contribution in [3.05, 3.63) is 104 Å². The molecule has 0 bridgehead atoms. The van der Waals surface area contributed by atoms with E-state index in [-0.39, 0.29) is 12.3 Å². The van der Waals surface area contributed by atoms with Crippen molar-refractivity contribution in [1.82, 2.24) is 4.90 Å². The van der Waals surface area contributed by atoms with Gasteiger partial charge in [0.15, 0.2) is 0 Å². The Morgan fingerprint density at radius 1 is 0.895 bits per heavy atom. The molecule has 0 radical (unpaired) electrons. The summed E-state index contributed by atoms with van der Waals surface area (Å²) in [5, 5.41) is 0. The maximum absolute atomic E-state index is 14.8. The molecule has 2 aliphatic rings. The van der Waals surface area contributed by atoms with E-state index in [4.69, 9.17) is 12.2 Å². The van der Waals surface area contributed by atoms with Crippen LogP contribution in [-0.2, 0) is 16.8 Å². The summed E-state index contributed by atoms with van der Waals surface area (Å²) in [6.07, 6.45) is 0.213. The third-order valence-corrected chi connectivity index (χ3v) is 10.7. The molecule has 0 fully saturated rings. The highest BCUT2D eigenvalue weighted by atomic mass is 32.9. The molecule has 0 aliphatic carbocycles. The minimum atomic E-state index is -1.02. The van der Waals surface area contributed by atoms with E-state index in [1.54, 1.807) is 39.5 Å². The standard InChI is InChI=1S/C30H24N2O3S3/c1-17-13-14-22-21(15-17)24-25(37-38-29(24)36)30(2,3)32(22)28(35)23(16-18-9-5-4-6-10-18)31-26(33)19-11-7-8-12-20(19)27(31)34/h4-15,23H,16H2,1-3H3/t23-/m1/s1. The van der Waals surface area contributed by atoms with Crippen LogP contribution >= 0.6 is 32.9 Å². The van der Waals surface area contributed by atoms with Gasteiger partial charge in [0, 0.05) is 17.5 Å². The monoisotopic (exact) mass is 556 g/mol. The van der Waals surface area contributed by atoms with Gasteiger partial charge in [0.2, 0.25) is 0 Å². The fraction of sp³-hybridized carbons (Fsp3) is 0.200. The summed E-state index contributed by atoms with van der Waals surface area (Å²) < 4.78 is 0.804. The number of carbonyl (C=O) groups excluding carboxylic acids is 3. The van der Waals surface area contributed by atoms with Crippen LogP contribution in [0.2, 0.25) is 0 Å². The zero-order chi connectivity index (χ0) is 26.8. The summed E-state index contributed by atoms with van der Waals surface area (Å²) in [5.41, 5.74) is 4.51. The first-order chi connectivity index (χ1) is 18.2. The van der Waals surface area contributed by atoms with Gasteiger partial charge in [0.25, 0.3) is 17.7 Å². The number of anilines is 1. The van der Waals surface area contributed by atoms with Gasteiger partial charge in [0.05, 0.1) is 27.2 Å². The number of carbonyl (C=O) groups is 3. The molecule has 1 aromatic heterocycles. The maximum atomic E-state index is 14.8. The second-order valence-corrected chi connectivity index (χ2v) is 13.0. The van der Waals surface area contributed by atoms with E-state index in [1.165, 1.54) is 10.3 Å². The van der Waals surface area contributed by atoms with Crippen LogP contribution in [0.3, 0.4) is 0 Å². The van der Waals surface area contributed by atoms with E-state index in [2.05, 4.69) is 6.07 Å². The molecule has 1 atom stereocenters. The number of amides is 3. The molecule has 190 valence electrons. The zero-order valence-corrected chi connectivity index (χ0v) is 23.5. The Labute approximate surface area is 233 Å². The predicted molar refractivity (Wildman–Crippen MR) is 155 cm³/mol. The third kappa shape index (κ3) is 3.70. The zero-order valence-electron chi connectivity index (χ0n) is 21.1. The topological polar surface area (TPSA) is 57.7 Å². The Kier molecular flexibility index (Phi) is 5.94. The molecule has 3 amide bonds. The molecule has 5 nitrogen and oxygen atoms in total. The number of benzene rings is 3. The van der Waals surface area contributed by atoms with E-state index in [9.17, 15) is 14.4 Å². The summed E-state index contributed by atoms with van der Waals surface area (Å²) >= 11 is 5.72. The molecule has 4 aromatic rings. The highest BCUT2D eigenvalue weighted by molar-refractivity contribution is 7.80. The lowest BCUT2D eigenvalue weighted by Gasteiger charge is -2.45. The van der Waals surface area contributed by atoms with Crippen LogP contribution in [0.25, 0.3) is 11.1 Å². The van der Waals surface area contributed by atoms with E-state index in [0.29, 0.717) is 11.1 Å². The molecule has 0 saturated heterocycles. The lowest BCUT2D eigenvalue weighted by molar-refractivity contribution is -0.123. The van der Waals surface area contributed by atoms with Gasteiger partial charge in [-0.15, -0.1) is 0 Å². The van der Waals surface area contributed by atoms with Gasteiger partial charge in [-0.25, -0.2) is 0 Å². The summed E-state index contributed by atoms with van der Waals surface area (Å²) in [7, 11) is 3.12. The lowest BCUT2D eigenvalue weighted by atomic mass is 9.85. The second kappa shape index (κ2) is 9.08. The van der Waals surface area contributed by atoms with Crippen molar-refractivity contribution < 1.29 is 14.4 Å². The second-order valence-electron chi connectivity index (χ2n) is 10.1. The van der Waals surface area contributed by atoms with Crippen molar-refractivity contribution >= 4 is 56.3 Å². The molecule has 0 spiro atoms. The summed E-state index contributed by atoms with van der Waals surface area (Å²) in [5.74, 6) is -1.18. The summed E-state index contributed by atoms with van der Waals surface area (Å²) in [6, 6.07) is 21.3. The van der Waals surface area contributed by atoms with Crippen LogP contribution in [-0.4, -0.2) is 28.7 Å². The van der Waals surface area contributed by atoms with Crippen LogP contribution < -0.4 is 4.90 Å². The molecule has 6 rings (SSSR count). The van der Waals surface area contributed by atoms with Crippen LogP contribution in [0.4, 0.5) is 5.69 Å². The predicted octanol–water partition coefficient (Wildman–Crippen LogP) is 7.00. The molecule has 0 N–H and O–H groups in total. The van der Waals surface area contributed by atoms with Crippen molar-refractivity contribution in [3.8, 4) is 11.1 Å². The Hall–Kier alpha value is -3.46. The fourth-order valence-corrected chi connectivity index (χ4v) is 8.79. The fourth-order valence-electron chi connectivity index (χ4n) is 5.50. The Morgan fingerprint density at radius 2 is 1.53 bits per heavy atom. The van der Waals surface area contributed by atoms with Crippen LogP contribution in [0, 0.1) is 10.7 Å². The Balaban J connectivity index is 1.52. The number of aryl methyl sites for hydroxylation is 1. The van der Waals surface area contributed by atoms with Crippen LogP contribution in [0.1, 0.15) is 50.6 Å². The number of hydrogen-bond acceptors (Lipinski definition) is 6. The van der Waals surface area contributed by atoms with Crippen molar-refractivity contribution in [2.24, 2.45) is 0 Å². The highest BCUT2D eigenvalue weighted by Gasteiger charge is 2.49. The minimum absolute atomic E-state index is 0.213. The molecular formula is C30H24N2O3S3. The number of fused-ring (bicyclic) bond motifs is 4.